The van der Waals surface area contributed by atoms with Crippen molar-refractivity contribution in [2.45, 2.75) is 24.8 Å². The van der Waals surface area contributed by atoms with Crippen LogP contribution in [0, 0.1) is 6.92 Å². The van der Waals surface area contributed by atoms with Crippen LogP contribution in [-0.2, 0) is 14.8 Å². The molecule has 0 aliphatic heterocycles. The molecule has 0 radical (unpaired) electrons. The highest BCUT2D eigenvalue weighted by Gasteiger charge is 2.18. The minimum atomic E-state index is -3.82. The molecule has 1 atom stereocenters. The fraction of sp³-hybridized carbons (Fsp3) is 0.174. The van der Waals surface area contributed by atoms with Crippen LogP contribution in [0.2, 0.25) is 0 Å². The van der Waals surface area contributed by atoms with Crippen molar-refractivity contribution in [2.75, 3.05) is 17.1 Å². The number of benzene rings is 3. The summed E-state index contributed by atoms with van der Waals surface area (Å²) in [6.07, 6.45) is -0.724. The van der Waals surface area contributed by atoms with E-state index in [0.29, 0.717) is 22.9 Å². The van der Waals surface area contributed by atoms with E-state index in [9.17, 15) is 13.2 Å². The molecule has 0 saturated heterocycles. The molecule has 0 fully saturated rings. The Kier molecular flexibility index (Phi) is 6.81. The van der Waals surface area contributed by atoms with Crippen molar-refractivity contribution in [1.29, 1.82) is 0 Å². The van der Waals surface area contributed by atoms with Gasteiger partial charge in [0.25, 0.3) is 15.9 Å². The van der Waals surface area contributed by atoms with E-state index in [1.807, 2.05) is 19.1 Å². The molecule has 0 unspecified atom stereocenters. The maximum Gasteiger partial charge on any atom is 0.265 e. The van der Waals surface area contributed by atoms with Gasteiger partial charge in [-0.3, -0.25) is 9.52 Å². The third-order valence-electron chi connectivity index (χ3n) is 4.49. The predicted octanol–water partition coefficient (Wildman–Crippen LogP) is 4.21. The molecule has 1 amide bonds. The first-order valence-electron chi connectivity index (χ1n) is 9.58. The van der Waals surface area contributed by atoms with Crippen molar-refractivity contribution >= 4 is 27.3 Å². The summed E-state index contributed by atoms with van der Waals surface area (Å²) in [5.41, 5.74) is 1.89. The lowest BCUT2D eigenvalue weighted by Crippen LogP contribution is -2.30. The summed E-state index contributed by atoms with van der Waals surface area (Å²) in [4.78, 5) is 12.5. The number of nitrogens with one attached hydrogen (secondary N) is 2. The van der Waals surface area contributed by atoms with Crippen LogP contribution >= 0.6 is 0 Å². The fourth-order valence-electron chi connectivity index (χ4n) is 2.77. The first-order chi connectivity index (χ1) is 14.8. The second-order valence-corrected chi connectivity index (χ2v) is 8.57. The summed E-state index contributed by atoms with van der Waals surface area (Å²) in [5.74, 6) is 0.665. The second kappa shape index (κ2) is 9.53. The molecular weight excluding hydrogens is 416 g/mol. The Morgan fingerprint density at radius 2 is 1.58 bits per heavy atom. The van der Waals surface area contributed by atoms with Gasteiger partial charge < -0.3 is 14.8 Å². The molecule has 0 saturated carbocycles. The number of carbonyl (C=O) groups excluding carboxylic acids is 1. The molecule has 8 heteroatoms. The molecule has 3 aromatic carbocycles. The molecule has 0 spiro atoms. The summed E-state index contributed by atoms with van der Waals surface area (Å²) in [6, 6.07) is 20.0. The smallest absolute Gasteiger partial charge is 0.265 e. The number of methoxy groups -OCH3 is 1. The Bertz CT molecular complexity index is 1140. The number of hydrogen-bond acceptors (Lipinski definition) is 5. The van der Waals surface area contributed by atoms with Gasteiger partial charge in [0.15, 0.2) is 6.10 Å². The molecule has 3 aromatic rings. The first-order valence-corrected chi connectivity index (χ1v) is 11.1. The van der Waals surface area contributed by atoms with E-state index in [4.69, 9.17) is 9.47 Å². The van der Waals surface area contributed by atoms with E-state index in [1.54, 1.807) is 43.3 Å². The van der Waals surface area contributed by atoms with Crippen LogP contribution in [0.15, 0.2) is 77.7 Å². The number of aryl methyl sites for hydroxylation is 1. The van der Waals surface area contributed by atoms with Gasteiger partial charge in [0.05, 0.1) is 17.7 Å². The van der Waals surface area contributed by atoms with Crippen LogP contribution in [0.25, 0.3) is 0 Å². The topological polar surface area (TPSA) is 93.7 Å². The lowest BCUT2D eigenvalue weighted by molar-refractivity contribution is -0.122. The van der Waals surface area contributed by atoms with Gasteiger partial charge in [-0.15, -0.1) is 0 Å². The average Bonchev–Trinajstić information content (AvgIpc) is 2.76. The number of anilines is 2. The lowest BCUT2D eigenvalue weighted by atomic mass is 10.2. The summed E-state index contributed by atoms with van der Waals surface area (Å²) >= 11 is 0. The van der Waals surface area contributed by atoms with Gasteiger partial charge in [-0.1, -0.05) is 29.8 Å². The van der Waals surface area contributed by atoms with Crippen LogP contribution in [0.4, 0.5) is 11.4 Å². The number of amides is 1. The molecule has 0 heterocycles. The molecule has 31 heavy (non-hydrogen) atoms. The highest BCUT2D eigenvalue weighted by Crippen LogP contribution is 2.26. The second-order valence-electron chi connectivity index (χ2n) is 6.89. The van der Waals surface area contributed by atoms with Gasteiger partial charge in [-0.25, -0.2) is 8.42 Å². The Morgan fingerprint density at radius 3 is 2.23 bits per heavy atom. The maximum absolute atomic E-state index is 12.7. The number of hydrogen-bond donors (Lipinski definition) is 2. The zero-order valence-corrected chi connectivity index (χ0v) is 18.3. The van der Waals surface area contributed by atoms with E-state index in [1.165, 1.54) is 31.4 Å². The predicted molar refractivity (Wildman–Crippen MR) is 120 cm³/mol. The monoisotopic (exact) mass is 440 g/mol. The Labute approximate surface area is 182 Å². The van der Waals surface area contributed by atoms with Gasteiger partial charge >= 0.3 is 0 Å². The van der Waals surface area contributed by atoms with Gasteiger partial charge in [0.2, 0.25) is 0 Å². The van der Waals surface area contributed by atoms with E-state index in [0.717, 1.165) is 5.56 Å². The minimum absolute atomic E-state index is 0.0559. The Hall–Kier alpha value is -3.52. The third kappa shape index (κ3) is 5.76. The lowest BCUT2D eigenvalue weighted by Gasteiger charge is -2.15. The molecule has 2 N–H and O–H groups in total. The molecule has 0 bridgehead atoms. The number of para-hydroxylation sites is 2. The fourth-order valence-corrected chi connectivity index (χ4v) is 3.84. The van der Waals surface area contributed by atoms with Crippen LogP contribution < -0.4 is 19.5 Å². The molecule has 0 aliphatic rings. The standard InChI is InChI=1S/C23H24N2O5S/c1-16-8-12-19(13-9-16)30-17(2)23(26)24-18-10-14-20(15-11-18)31(27,28)25-21-6-4-5-7-22(21)29-3/h4-15,17,25H,1-3H3,(H,24,26)/t17-/m1/s1. The Morgan fingerprint density at radius 1 is 0.935 bits per heavy atom. The molecule has 0 aromatic heterocycles. The van der Waals surface area contributed by atoms with Crippen molar-refractivity contribution in [3.05, 3.63) is 78.4 Å². The van der Waals surface area contributed by atoms with Gasteiger partial charge in [-0.2, -0.15) is 0 Å². The van der Waals surface area contributed by atoms with Crippen molar-refractivity contribution in [1.82, 2.24) is 0 Å². The minimum Gasteiger partial charge on any atom is -0.495 e. The van der Waals surface area contributed by atoms with Crippen molar-refractivity contribution in [3.63, 3.8) is 0 Å². The highest BCUT2D eigenvalue weighted by atomic mass is 32.2. The molecule has 7 nitrogen and oxygen atoms in total. The van der Waals surface area contributed by atoms with E-state index >= 15 is 0 Å². The van der Waals surface area contributed by atoms with Crippen LogP contribution in [0.1, 0.15) is 12.5 Å². The average molecular weight is 441 g/mol. The van der Waals surface area contributed by atoms with Crippen molar-refractivity contribution in [3.8, 4) is 11.5 Å². The summed E-state index contributed by atoms with van der Waals surface area (Å²) < 4.78 is 38.6. The zero-order valence-electron chi connectivity index (χ0n) is 17.5. The SMILES string of the molecule is COc1ccccc1NS(=O)(=O)c1ccc(NC(=O)[C@@H](C)Oc2ccc(C)cc2)cc1. The summed E-state index contributed by atoms with van der Waals surface area (Å²) in [6.45, 7) is 3.61. The Balaban J connectivity index is 1.65. The van der Waals surface area contributed by atoms with Crippen molar-refractivity contribution < 1.29 is 22.7 Å². The van der Waals surface area contributed by atoms with Gasteiger partial charge in [0.1, 0.15) is 11.5 Å². The molecule has 3 rings (SSSR count). The number of sulfonamides is 1. The van der Waals surface area contributed by atoms with E-state index in [-0.39, 0.29) is 10.8 Å². The molecular formula is C23H24N2O5S. The van der Waals surface area contributed by atoms with E-state index < -0.39 is 16.1 Å². The van der Waals surface area contributed by atoms with Crippen LogP contribution in [0.5, 0.6) is 11.5 Å². The maximum atomic E-state index is 12.7. The van der Waals surface area contributed by atoms with Gasteiger partial charge in [-0.05, 0) is 62.4 Å². The zero-order chi connectivity index (χ0) is 22.4. The summed E-state index contributed by atoms with van der Waals surface area (Å²) in [5, 5.41) is 2.72. The van der Waals surface area contributed by atoms with Gasteiger partial charge in [0, 0.05) is 5.69 Å². The normalized spacial score (nSPS) is 12.0. The largest absolute Gasteiger partial charge is 0.495 e. The quantitative estimate of drug-likeness (QED) is 0.547. The van der Waals surface area contributed by atoms with Crippen molar-refractivity contribution in [2.24, 2.45) is 0 Å². The van der Waals surface area contributed by atoms with Crippen LogP contribution in [0.3, 0.4) is 0 Å². The van der Waals surface area contributed by atoms with E-state index in [2.05, 4.69) is 10.0 Å². The number of carbonyl (C=O) groups is 1. The number of rotatable bonds is 8. The molecule has 0 aliphatic carbocycles. The summed E-state index contributed by atoms with van der Waals surface area (Å²) in [7, 11) is -2.35. The number of ether oxygens (including phenoxy) is 2. The van der Waals surface area contributed by atoms with Crippen LogP contribution in [-0.4, -0.2) is 27.5 Å². The highest BCUT2D eigenvalue weighted by molar-refractivity contribution is 7.92. The first kappa shape index (κ1) is 22.2. The molecule has 162 valence electrons. The third-order valence-corrected chi connectivity index (χ3v) is 5.87.